The van der Waals surface area contributed by atoms with E-state index in [0.717, 1.165) is 58.5 Å². The molecule has 0 aromatic carbocycles. The molecule has 0 saturated carbocycles. The largest absolute Gasteiger partial charge is 0.341 e. The molecule has 23 heavy (non-hydrogen) atoms. The molecule has 0 unspecified atom stereocenters. The zero-order chi connectivity index (χ0) is 16.3. The first-order valence-corrected chi connectivity index (χ1v) is 8.64. The van der Waals surface area contributed by atoms with Crippen molar-refractivity contribution in [2.24, 2.45) is 5.41 Å². The summed E-state index contributed by atoms with van der Waals surface area (Å²) in [5.41, 5.74) is 1.16. The summed E-state index contributed by atoms with van der Waals surface area (Å²) in [5, 5.41) is 0. The number of hydrogen-bond acceptors (Lipinski definition) is 4. The molecule has 1 spiro atoms. The van der Waals surface area contributed by atoms with Crippen molar-refractivity contribution >= 4 is 5.91 Å². The molecule has 2 fully saturated rings. The number of piperidine rings is 1. The second kappa shape index (κ2) is 6.97. The Balaban J connectivity index is 1.62. The predicted molar refractivity (Wildman–Crippen MR) is 90.9 cm³/mol. The zero-order valence-corrected chi connectivity index (χ0v) is 14.4. The monoisotopic (exact) mass is 316 g/mol. The highest BCUT2D eigenvalue weighted by Gasteiger charge is 2.48. The summed E-state index contributed by atoms with van der Waals surface area (Å²) >= 11 is 0. The summed E-state index contributed by atoms with van der Waals surface area (Å²) in [4.78, 5) is 23.7. The first-order chi connectivity index (χ1) is 11.1. The van der Waals surface area contributed by atoms with Crippen LogP contribution in [0.5, 0.6) is 0 Å². The van der Waals surface area contributed by atoms with Crippen LogP contribution < -0.4 is 0 Å². The molecule has 0 radical (unpaired) electrons. The SMILES string of the molecule is CN(C)CCN1CC[C@]2(CCCN(Cc3ccncc3)C2)C1=O. The van der Waals surface area contributed by atoms with Crippen molar-refractivity contribution in [3.63, 3.8) is 0 Å². The van der Waals surface area contributed by atoms with Gasteiger partial charge in [0.2, 0.25) is 5.91 Å². The molecule has 3 heterocycles. The number of rotatable bonds is 5. The molecule has 0 aliphatic carbocycles. The molecular formula is C18H28N4O. The molecular weight excluding hydrogens is 288 g/mol. The standard InChI is InChI=1S/C18H28N4O/c1-20(2)12-13-22-11-7-18(17(22)23)6-3-10-21(15-18)14-16-4-8-19-9-5-16/h4-5,8-9H,3,6-7,10-15H2,1-2H3/t18-/m0/s1. The molecule has 5 heteroatoms. The minimum Gasteiger partial charge on any atom is -0.341 e. The molecule has 2 aliphatic heterocycles. The van der Waals surface area contributed by atoms with Crippen LogP contribution in [0.3, 0.4) is 0 Å². The first-order valence-electron chi connectivity index (χ1n) is 8.64. The van der Waals surface area contributed by atoms with Crippen molar-refractivity contribution in [1.82, 2.24) is 19.7 Å². The van der Waals surface area contributed by atoms with Crippen molar-refractivity contribution in [3.8, 4) is 0 Å². The number of amides is 1. The predicted octanol–water partition coefficient (Wildman–Crippen LogP) is 1.46. The minimum absolute atomic E-state index is 0.127. The Kier molecular flexibility index (Phi) is 4.97. The lowest BCUT2D eigenvalue weighted by molar-refractivity contribution is -0.139. The summed E-state index contributed by atoms with van der Waals surface area (Å²) in [7, 11) is 4.13. The third kappa shape index (κ3) is 3.72. The van der Waals surface area contributed by atoms with Crippen molar-refractivity contribution in [2.75, 3.05) is 46.8 Å². The van der Waals surface area contributed by atoms with E-state index in [1.165, 1.54) is 5.56 Å². The summed E-state index contributed by atoms with van der Waals surface area (Å²) in [6.07, 6.45) is 6.89. The summed E-state index contributed by atoms with van der Waals surface area (Å²) in [6.45, 7) is 5.66. The van der Waals surface area contributed by atoms with Crippen LogP contribution in [0.2, 0.25) is 0 Å². The Morgan fingerprint density at radius 3 is 2.74 bits per heavy atom. The molecule has 2 saturated heterocycles. The van der Waals surface area contributed by atoms with Gasteiger partial charge in [0, 0.05) is 45.1 Å². The second-order valence-electron chi connectivity index (χ2n) is 7.30. The number of carbonyl (C=O) groups is 1. The van der Waals surface area contributed by atoms with E-state index in [1.54, 1.807) is 0 Å². The Hall–Kier alpha value is -1.46. The van der Waals surface area contributed by atoms with Gasteiger partial charge in [-0.3, -0.25) is 14.7 Å². The van der Waals surface area contributed by atoms with E-state index in [-0.39, 0.29) is 5.41 Å². The van der Waals surface area contributed by atoms with E-state index < -0.39 is 0 Å². The Bertz CT molecular complexity index is 533. The van der Waals surface area contributed by atoms with Crippen LogP contribution in [-0.4, -0.2) is 72.4 Å². The summed E-state index contributed by atoms with van der Waals surface area (Å²) in [6, 6.07) is 4.14. The summed E-state index contributed by atoms with van der Waals surface area (Å²) < 4.78 is 0. The Labute approximate surface area is 139 Å². The van der Waals surface area contributed by atoms with Gasteiger partial charge in [-0.25, -0.2) is 0 Å². The normalized spacial score (nSPS) is 25.7. The average Bonchev–Trinajstić information content (AvgIpc) is 2.83. The van der Waals surface area contributed by atoms with Crippen LogP contribution in [0.15, 0.2) is 24.5 Å². The molecule has 3 rings (SSSR count). The zero-order valence-electron chi connectivity index (χ0n) is 14.4. The van der Waals surface area contributed by atoms with Crippen LogP contribution in [0.25, 0.3) is 0 Å². The van der Waals surface area contributed by atoms with Crippen molar-refractivity contribution in [3.05, 3.63) is 30.1 Å². The highest BCUT2D eigenvalue weighted by atomic mass is 16.2. The van der Waals surface area contributed by atoms with Crippen LogP contribution in [-0.2, 0) is 11.3 Å². The average molecular weight is 316 g/mol. The molecule has 2 aliphatic rings. The lowest BCUT2D eigenvalue weighted by atomic mass is 9.78. The maximum Gasteiger partial charge on any atom is 0.230 e. The van der Waals surface area contributed by atoms with Gasteiger partial charge in [0.05, 0.1) is 5.41 Å². The molecule has 1 aromatic rings. The maximum absolute atomic E-state index is 13.0. The molecule has 1 aromatic heterocycles. The third-order valence-corrected chi connectivity index (χ3v) is 5.23. The lowest BCUT2D eigenvalue weighted by Crippen LogP contribution is -2.48. The van der Waals surface area contributed by atoms with Gasteiger partial charge in [-0.05, 0) is 57.6 Å². The fourth-order valence-electron chi connectivity index (χ4n) is 3.91. The Morgan fingerprint density at radius 2 is 2.00 bits per heavy atom. The fraction of sp³-hybridized carbons (Fsp3) is 0.667. The van der Waals surface area contributed by atoms with E-state index in [0.29, 0.717) is 5.91 Å². The molecule has 126 valence electrons. The highest BCUT2D eigenvalue weighted by molar-refractivity contribution is 5.85. The molecule has 5 nitrogen and oxygen atoms in total. The van der Waals surface area contributed by atoms with Crippen molar-refractivity contribution in [1.29, 1.82) is 0 Å². The third-order valence-electron chi connectivity index (χ3n) is 5.23. The van der Waals surface area contributed by atoms with Crippen LogP contribution >= 0.6 is 0 Å². The highest BCUT2D eigenvalue weighted by Crippen LogP contribution is 2.40. The maximum atomic E-state index is 13.0. The van der Waals surface area contributed by atoms with Gasteiger partial charge in [0.1, 0.15) is 0 Å². The smallest absolute Gasteiger partial charge is 0.230 e. The minimum atomic E-state index is -0.127. The number of likely N-dealkylation sites (N-methyl/N-ethyl adjacent to an activating group) is 1. The fourth-order valence-corrected chi connectivity index (χ4v) is 3.91. The van der Waals surface area contributed by atoms with Gasteiger partial charge in [-0.2, -0.15) is 0 Å². The van der Waals surface area contributed by atoms with E-state index >= 15 is 0 Å². The number of nitrogens with zero attached hydrogens (tertiary/aromatic N) is 4. The van der Waals surface area contributed by atoms with Gasteiger partial charge in [-0.1, -0.05) is 0 Å². The van der Waals surface area contributed by atoms with Crippen LogP contribution in [0.1, 0.15) is 24.8 Å². The van der Waals surface area contributed by atoms with Crippen molar-refractivity contribution in [2.45, 2.75) is 25.8 Å². The van der Waals surface area contributed by atoms with Crippen LogP contribution in [0.4, 0.5) is 0 Å². The number of hydrogen-bond donors (Lipinski definition) is 0. The lowest BCUT2D eigenvalue weighted by Gasteiger charge is -2.39. The molecule has 1 atom stereocenters. The van der Waals surface area contributed by atoms with Gasteiger partial charge in [-0.15, -0.1) is 0 Å². The number of carbonyl (C=O) groups excluding carboxylic acids is 1. The quantitative estimate of drug-likeness (QED) is 0.824. The van der Waals surface area contributed by atoms with E-state index in [9.17, 15) is 4.79 Å². The molecule has 1 amide bonds. The van der Waals surface area contributed by atoms with Gasteiger partial charge in [0.25, 0.3) is 0 Å². The van der Waals surface area contributed by atoms with Gasteiger partial charge in [0.15, 0.2) is 0 Å². The van der Waals surface area contributed by atoms with Crippen LogP contribution in [0, 0.1) is 5.41 Å². The molecule has 0 N–H and O–H groups in total. The summed E-state index contributed by atoms with van der Waals surface area (Å²) in [5.74, 6) is 0.388. The van der Waals surface area contributed by atoms with Gasteiger partial charge < -0.3 is 9.80 Å². The topological polar surface area (TPSA) is 39.7 Å². The first kappa shape index (κ1) is 16.4. The second-order valence-corrected chi connectivity index (χ2v) is 7.30. The Morgan fingerprint density at radius 1 is 1.22 bits per heavy atom. The van der Waals surface area contributed by atoms with E-state index in [2.05, 4.69) is 45.9 Å². The molecule has 0 bridgehead atoms. The number of likely N-dealkylation sites (tertiary alicyclic amines) is 2. The number of aromatic nitrogens is 1. The van der Waals surface area contributed by atoms with E-state index in [4.69, 9.17) is 0 Å². The van der Waals surface area contributed by atoms with Crippen molar-refractivity contribution < 1.29 is 4.79 Å². The number of pyridine rings is 1. The van der Waals surface area contributed by atoms with Gasteiger partial charge >= 0.3 is 0 Å². The van der Waals surface area contributed by atoms with E-state index in [1.807, 2.05) is 12.4 Å².